The molecule has 0 saturated carbocycles. The molecule has 0 amide bonds. The van der Waals surface area contributed by atoms with Gasteiger partial charge in [0, 0.05) is 0 Å². The van der Waals surface area contributed by atoms with E-state index in [1.165, 1.54) is 0 Å². The molecule has 0 fully saturated rings. The number of hydrogen-bond acceptors (Lipinski definition) is 3. The van der Waals surface area contributed by atoms with E-state index in [1.807, 2.05) is 56.3 Å². The Bertz CT molecular complexity index is 943. The van der Waals surface area contributed by atoms with Gasteiger partial charge in [-0.3, -0.25) is 0 Å². The van der Waals surface area contributed by atoms with Crippen LogP contribution in [0.2, 0.25) is 0 Å². The molecule has 1 aromatic carbocycles. The number of aryl methyl sites for hydroxylation is 2. The zero-order valence-corrected chi connectivity index (χ0v) is 12.5. The van der Waals surface area contributed by atoms with Gasteiger partial charge in [0.2, 0.25) is 0 Å². The summed E-state index contributed by atoms with van der Waals surface area (Å²) < 4.78 is 13.6. The third-order valence-electron chi connectivity index (χ3n) is 3.73. The second-order valence-corrected chi connectivity index (χ2v) is 5.43. The van der Waals surface area contributed by atoms with Crippen molar-refractivity contribution in [1.82, 2.24) is 9.55 Å². The molecular weight excluding hydrogens is 276 g/mol. The first kappa shape index (κ1) is 13.0. The van der Waals surface area contributed by atoms with Crippen LogP contribution in [0.3, 0.4) is 0 Å². The number of nitrogens with zero attached hydrogens (tertiary/aromatic N) is 2. The topological polar surface area (TPSA) is 44.1 Å². The standard InChI is InChI=1S/C18H16N2O2/c1-12-7-9-14(21-12)11-20-16-6-4-3-5-15(16)19-18(20)17-10-8-13(2)22-17/h3-10H,11H2,1-2H3. The molecule has 4 rings (SSSR count). The Morgan fingerprint density at radius 1 is 0.909 bits per heavy atom. The molecule has 22 heavy (non-hydrogen) atoms. The van der Waals surface area contributed by atoms with Gasteiger partial charge in [-0.15, -0.1) is 0 Å². The highest BCUT2D eigenvalue weighted by Crippen LogP contribution is 2.27. The van der Waals surface area contributed by atoms with Crippen LogP contribution in [0.25, 0.3) is 22.6 Å². The van der Waals surface area contributed by atoms with Gasteiger partial charge in [0.25, 0.3) is 0 Å². The summed E-state index contributed by atoms with van der Waals surface area (Å²) >= 11 is 0. The van der Waals surface area contributed by atoms with Gasteiger partial charge in [-0.25, -0.2) is 4.98 Å². The predicted molar refractivity (Wildman–Crippen MR) is 84.7 cm³/mol. The van der Waals surface area contributed by atoms with Crippen LogP contribution in [0, 0.1) is 13.8 Å². The highest BCUT2D eigenvalue weighted by Gasteiger charge is 2.16. The summed E-state index contributed by atoms with van der Waals surface area (Å²) in [5.74, 6) is 4.29. The SMILES string of the molecule is Cc1ccc(Cn2c(-c3ccc(C)o3)nc3ccccc32)o1. The maximum atomic E-state index is 5.77. The first-order valence-electron chi connectivity index (χ1n) is 7.28. The van der Waals surface area contributed by atoms with E-state index in [-0.39, 0.29) is 0 Å². The number of rotatable bonds is 3. The van der Waals surface area contributed by atoms with Gasteiger partial charge >= 0.3 is 0 Å². The number of imidazole rings is 1. The van der Waals surface area contributed by atoms with E-state index in [2.05, 4.69) is 10.6 Å². The van der Waals surface area contributed by atoms with Crippen LogP contribution in [0.5, 0.6) is 0 Å². The van der Waals surface area contributed by atoms with Crippen LogP contribution in [0.15, 0.2) is 57.4 Å². The molecule has 0 aliphatic carbocycles. The van der Waals surface area contributed by atoms with Crippen molar-refractivity contribution >= 4 is 11.0 Å². The van der Waals surface area contributed by atoms with Crippen molar-refractivity contribution in [2.75, 3.05) is 0 Å². The lowest BCUT2D eigenvalue weighted by molar-refractivity contribution is 0.471. The van der Waals surface area contributed by atoms with Gasteiger partial charge in [-0.2, -0.15) is 0 Å². The molecular formula is C18H16N2O2. The highest BCUT2D eigenvalue weighted by atomic mass is 16.3. The fraction of sp³-hybridized carbons (Fsp3) is 0.167. The molecule has 0 bridgehead atoms. The molecule has 0 N–H and O–H groups in total. The van der Waals surface area contributed by atoms with Crippen LogP contribution in [-0.2, 0) is 6.54 Å². The summed E-state index contributed by atoms with van der Waals surface area (Å²) in [6.07, 6.45) is 0. The highest BCUT2D eigenvalue weighted by molar-refractivity contribution is 5.79. The molecule has 4 heteroatoms. The second kappa shape index (κ2) is 4.91. The van der Waals surface area contributed by atoms with Crippen molar-refractivity contribution in [3.63, 3.8) is 0 Å². The molecule has 110 valence electrons. The van der Waals surface area contributed by atoms with Crippen molar-refractivity contribution in [3.05, 3.63) is 65.8 Å². The number of aromatic nitrogens is 2. The number of fused-ring (bicyclic) bond motifs is 1. The number of benzene rings is 1. The Hall–Kier alpha value is -2.75. The molecule has 0 atom stereocenters. The summed E-state index contributed by atoms with van der Waals surface area (Å²) in [5.41, 5.74) is 2.02. The lowest BCUT2D eigenvalue weighted by Crippen LogP contribution is -2.00. The third-order valence-corrected chi connectivity index (χ3v) is 3.73. The molecule has 4 aromatic rings. The van der Waals surface area contributed by atoms with Gasteiger partial charge in [0.1, 0.15) is 17.3 Å². The smallest absolute Gasteiger partial charge is 0.177 e. The van der Waals surface area contributed by atoms with Crippen LogP contribution in [-0.4, -0.2) is 9.55 Å². The van der Waals surface area contributed by atoms with Gasteiger partial charge in [0.15, 0.2) is 11.6 Å². The minimum atomic E-state index is 0.628. The average molecular weight is 292 g/mol. The summed E-state index contributed by atoms with van der Waals surface area (Å²) in [6, 6.07) is 16.0. The second-order valence-electron chi connectivity index (χ2n) is 5.43. The van der Waals surface area contributed by atoms with E-state index >= 15 is 0 Å². The Kier molecular flexibility index (Phi) is 2.89. The fourth-order valence-corrected chi connectivity index (χ4v) is 2.70. The maximum absolute atomic E-state index is 5.77. The number of hydrogen-bond donors (Lipinski definition) is 0. The van der Waals surface area contributed by atoms with Crippen LogP contribution >= 0.6 is 0 Å². The zero-order valence-electron chi connectivity index (χ0n) is 12.5. The number of furan rings is 2. The minimum Gasteiger partial charge on any atom is -0.464 e. The molecule has 0 spiro atoms. The molecule has 0 aliphatic rings. The summed E-state index contributed by atoms with van der Waals surface area (Å²) in [7, 11) is 0. The first-order valence-corrected chi connectivity index (χ1v) is 7.28. The fourth-order valence-electron chi connectivity index (χ4n) is 2.70. The first-order chi connectivity index (χ1) is 10.7. The lowest BCUT2D eigenvalue weighted by Gasteiger charge is -2.05. The monoisotopic (exact) mass is 292 g/mol. The lowest BCUT2D eigenvalue weighted by atomic mass is 10.3. The van der Waals surface area contributed by atoms with E-state index in [0.29, 0.717) is 6.54 Å². The quantitative estimate of drug-likeness (QED) is 0.556. The van der Waals surface area contributed by atoms with Gasteiger partial charge in [0.05, 0.1) is 17.6 Å². The molecule has 4 nitrogen and oxygen atoms in total. The molecule has 0 aliphatic heterocycles. The Labute approximate surface area is 128 Å². The van der Waals surface area contributed by atoms with E-state index in [0.717, 1.165) is 39.9 Å². The van der Waals surface area contributed by atoms with Gasteiger partial charge in [-0.1, -0.05) is 12.1 Å². The van der Waals surface area contributed by atoms with E-state index in [1.54, 1.807) is 0 Å². The zero-order chi connectivity index (χ0) is 15.1. The minimum absolute atomic E-state index is 0.628. The Morgan fingerprint density at radius 2 is 1.68 bits per heavy atom. The normalized spacial score (nSPS) is 11.4. The van der Waals surface area contributed by atoms with Crippen LogP contribution in [0.4, 0.5) is 0 Å². The summed E-state index contributed by atoms with van der Waals surface area (Å²) in [6.45, 7) is 4.52. The Morgan fingerprint density at radius 3 is 2.41 bits per heavy atom. The number of para-hydroxylation sites is 2. The third kappa shape index (κ3) is 2.13. The van der Waals surface area contributed by atoms with Crippen LogP contribution in [0.1, 0.15) is 17.3 Å². The summed E-state index contributed by atoms with van der Waals surface area (Å²) in [5, 5.41) is 0. The van der Waals surface area contributed by atoms with Crippen LogP contribution < -0.4 is 0 Å². The van der Waals surface area contributed by atoms with Crippen molar-refractivity contribution < 1.29 is 8.83 Å². The largest absolute Gasteiger partial charge is 0.464 e. The van der Waals surface area contributed by atoms with Gasteiger partial charge < -0.3 is 13.4 Å². The molecule has 0 saturated heterocycles. The molecule has 0 radical (unpaired) electrons. The predicted octanol–water partition coefficient (Wildman–Crippen LogP) is 4.55. The van der Waals surface area contributed by atoms with E-state index < -0.39 is 0 Å². The molecule has 3 heterocycles. The van der Waals surface area contributed by atoms with E-state index in [4.69, 9.17) is 13.8 Å². The van der Waals surface area contributed by atoms with Crippen molar-refractivity contribution in [2.45, 2.75) is 20.4 Å². The Balaban J connectivity index is 1.89. The molecule has 0 unspecified atom stereocenters. The van der Waals surface area contributed by atoms with Gasteiger partial charge in [-0.05, 0) is 50.2 Å². The average Bonchev–Trinajstić information content (AvgIpc) is 3.20. The van der Waals surface area contributed by atoms with Crippen molar-refractivity contribution in [2.24, 2.45) is 0 Å². The van der Waals surface area contributed by atoms with Crippen molar-refractivity contribution in [1.29, 1.82) is 0 Å². The van der Waals surface area contributed by atoms with E-state index in [9.17, 15) is 0 Å². The molecule has 3 aromatic heterocycles. The summed E-state index contributed by atoms with van der Waals surface area (Å²) in [4.78, 5) is 4.73. The van der Waals surface area contributed by atoms with Crippen molar-refractivity contribution in [3.8, 4) is 11.6 Å². The maximum Gasteiger partial charge on any atom is 0.177 e.